The first-order chi connectivity index (χ1) is 1.41. The monoisotopic (exact) mass is 636 g/mol. The van der Waals surface area contributed by atoms with Crippen molar-refractivity contribution in [2.45, 2.75) is 0 Å². The maximum absolute atomic E-state index is 8.25. The van der Waals surface area contributed by atoms with E-state index in [1.807, 2.05) is 0 Å². The van der Waals surface area contributed by atoms with Gasteiger partial charge in [-0.05, 0) is 0 Å². The van der Waals surface area contributed by atoms with E-state index < -0.39 is 6.47 Å². The summed E-state index contributed by atoms with van der Waals surface area (Å²) in [6.07, 6.45) is 0. The van der Waals surface area contributed by atoms with Crippen molar-refractivity contribution >= 4 is 32.7 Å². The Morgan fingerprint density at radius 1 is 1.29 bits per heavy atom. The molecular weight excluding hydrogens is 634 g/mol. The van der Waals surface area contributed by atoms with Crippen LogP contribution >= 0.6 is 0 Å². The predicted octanol–water partition coefficient (Wildman–Crippen LogP) is -10.9. The van der Waals surface area contributed by atoms with Crippen LogP contribution in [0.25, 0.3) is 0 Å². The Labute approximate surface area is 114 Å². The Morgan fingerprint density at radius 3 is 1.29 bits per heavy atom. The average molecular weight is 636 g/mol. The summed E-state index contributed by atoms with van der Waals surface area (Å²) < 4.78 is 0. The van der Waals surface area contributed by atoms with Gasteiger partial charge in [0.2, 0.25) is 0 Å². The van der Waals surface area contributed by atoms with Gasteiger partial charge in [0.15, 0.2) is 0 Å². The zero-order chi connectivity index (χ0) is 2.71. The van der Waals surface area contributed by atoms with Gasteiger partial charge in [-0.25, -0.2) is 0 Å². The van der Waals surface area contributed by atoms with Gasteiger partial charge < -0.3 is 81.8 Å². The van der Waals surface area contributed by atoms with Crippen molar-refractivity contribution in [3.05, 3.63) is 0 Å². The van der Waals surface area contributed by atoms with Crippen molar-refractivity contribution in [1.82, 2.24) is 0 Å². The molecule has 6 heteroatoms. The van der Waals surface area contributed by atoms with Gasteiger partial charge in [0, 0.05) is 6.47 Å². The maximum atomic E-state index is 8.25. The summed E-state index contributed by atoms with van der Waals surface area (Å²) in [5, 5.41) is 8.25. The van der Waals surface area contributed by atoms with Crippen LogP contribution in [-0.4, -0.2) is 32.7 Å². The third-order valence-corrected chi connectivity index (χ3v) is 0. The molecular formula is CH2BiI3O2. The first-order valence-electron chi connectivity index (χ1n) is 0.471. The molecule has 0 N–H and O–H groups in total. The SMILES string of the molecule is O=C[O-].[Bi+3].[H+].[I-].[I-].[I-]. The summed E-state index contributed by atoms with van der Waals surface area (Å²) >= 11 is 0. The van der Waals surface area contributed by atoms with Crippen molar-refractivity contribution in [2.24, 2.45) is 0 Å². The summed E-state index contributed by atoms with van der Waals surface area (Å²) in [6.45, 7) is -0.500. The standard InChI is InChI=1S/CH2O2.Bi.3HI/c2-1-3;;;;/h1H,(H,2,3);;3*1H/q;+3;;;/p-3. The fourth-order valence-electron chi connectivity index (χ4n) is 0. The number of carboxylic acid groups (broad SMARTS) is 1. The Balaban J connectivity index is -0.00000000200. The molecule has 0 amide bonds. The number of halogens is 3. The minimum absolute atomic E-state index is 0. The van der Waals surface area contributed by atoms with E-state index in [2.05, 4.69) is 0 Å². The minimum Gasteiger partial charge on any atom is -1.00 e. The molecule has 0 spiro atoms. The van der Waals surface area contributed by atoms with Gasteiger partial charge in [0.1, 0.15) is 0 Å². The molecule has 0 aromatic heterocycles. The quantitative estimate of drug-likeness (QED) is 0.151. The molecule has 0 heterocycles. The van der Waals surface area contributed by atoms with Gasteiger partial charge in [-0.2, -0.15) is 0 Å². The second-order valence-electron chi connectivity index (χ2n) is 0.0962. The predicted molar refractivity (Wildman–Crippen MR) is 12.9 cm³/mol. The molecule has 0 aliphatic heterocycles. The van der Waals surface area contributed by atoms with Crippen LogP contribution in [0.2, 0.25) is 0 Å². The Morgan fingerprint density at radius 2 is 1.29 bits per heavy atom. The first-order valence-corrected chi connectivity index (χ1v) is 0.471. The van der Waals surface area contributed by atoms with E-state index in [0.717, 1.165) is 0 Å². The second kappa shape index (κ2) is 38.7. The van der Waals surface area contributed by atoms with Gasteiger partial charge >= 0.3 is 27.6 Å². The third-order valence-electron chi connectivity index (χ3n) is 0. The summed E-state index contributed by atoms with van der Waals surface area (Å²) in [6, 6.07) is 0. The minimum atomic E-state index is -0.500. The number of hydrogen-bond donors (Lipinski definition) is 0. The van der Waals surface area contributed by atoms with Crippen LogP contribution < -0.4 is 77.0 Å². The van der Waals surface area contributed by atoms with Crippen LogP contribution in [0.1, 0.15) is 1.43 Å². The Bertz CT molecular complexity index is 24.8. The molecule has 0 saturated carbocycles. The molecule has 2 nitrogen and oxygen atoms in total. The molecule has 0 atom stereocenters. The Kier molecular flexibility index (Phi) is 187. The largest absolute Gasteiger partial charge is 3.00 e. The normalized spacial score (nSPS) is 1.71. The third kappa shape index (κ3) is 56.6. The average Bonchev–Trinajstić information content (AvgIpc) is 0.918. The summed E-state index contributed by atoms with van der Waals surface area (Å²) in [5.41, 5.74) is 0. The Hall–Kier alpha value is 2.54. The molecule has 0 unspecified atom stereocenters. The number of carbonyl (C=O) groups is 1. The number of carbonyl (C=O) groups excluding carboxylic acids is 1. The van der Waals surface area contributed by atoms with E-state index in [-0.39, 0.29) is 99.6 Å². The van der Waals surface area contributed by atoms with Crippen molar-refractivity contribution in [1.29, 1.82) is 0 Å². The molecule has 2 radical (unpaired) electrons. The van der Waals surface area contributed by atoms with Crippen LogP contribution in [0.5, 0.6) is 0 Å². The van der Waals surface area contributed by atoms with Crippen molar-refractivity contribution < 1.29 is 83.3 Å². The van der Waals surface area contributed by atoms with Gasteiger partial charge in [-0.1, -0.05) is 0 Å². The molecule has 0 fully saturated rings. The molecule has 44 valence electrons. The van der Waals surface area contributed by atoms with Gasteiger partial charge in [-0.3, -0.25) is 0 Å². The first kappa shape index (κ1) is 33.7. The van der Waals surface area contributed by atoms with Gasteiger partial charge in [0.05, 0.1) is 0 Å². The zero-order valence-electron chi connectivity index (χ0n) is 3.97. The van der Waals surface area contributed by atoms with Crippen LogP contribution in [0.15, 0.2) is 0 Å². The fraction of sp³-hybridized carbons (Fsp3) is 0. The van der Waals surface area contributed by atoms with Gasteiger partial charge in [0.25, 0.3) is 0 Å². The van der Waals surface area contributed by atoms with Crippen LogP contribution in [-0.2, 0) is 4.79 Å². The molecule has 0 aliphatic rings. The van der Waals surface area contributed by atoms with Crippen molar-refractivity contribution in [3.63, 3.8) is 0 Å². The van der Waals surface area contributed by atoms with E-state index in [1.165, 1.54) is 0 Å². The smallest absolute Gasteiger partial charge is 1.00 e. The summed E-state index contributed by atoms with van der Waals surface area (Å²) in [7, 11) is 0. The molecule has 0 bridgehead atoms. The van der Waals surface area contributed by atoms with Crippen molar-refractivity contribution in [3.8, 4) is 0 Å². The van der Waals surface area contributed by atoms with E-state index in [1.54, 1.807) is 0 Å². The number of rotatable bonds is 0. The van der Waals surface area contributed by atoms with E-state index >= 15 is 0 Å². The fourth-order valence-corrected chi connectivity index (χ4v) is 0. The van der Waals surface area contributed by atoms with E-state index in [4.69, 9.17) is 9.90 Å². The topological polar surface area (TPSA) is 40.1 Å². The molecule has 0 aromatic rings. The van der Waals surface area contributed by atoms with Crippen molar-refractivity contribution in [2.75, 3.05) is 0 Å². The van der Waals surface area contributed by atoms with E-state index in [0.29, 0.717) is 0 Å². The van der Waals surface area contributed by atoms with E-state index in [9.17, 15) is 0 Å². The summed E-state index contributed by atoms with van der Waals surface area (Å²) in [5.74, 6) is 0. The maximum Gasteiger partial charge on any atom is 3.00 e. The molecule has 0 aromatic carbocycles. The van der Waals surface area contributed by atoms with Crippen LogP contribution in [0.3, 0.4) is 0 Å². The van der Waals surface area contributed by atoms with Crippen LogP contribution in [0.4, 0.5) is 0 Å². The second-order valence-corrected chi connectivity index (χ2v) is 0.0962. The van der Waals surface area contributed by atoms with Crippen LogP contribution in [0, 0.1) is 0 Å². The molecule has 7 heavy (non-hydrogen) atoms. The molecule has 0 saturated heterocycles. The molecule has 0 aliphatic carbocycles. The summed E-state index contributed by atoms with van der Waals surface area (Å²) in [4.78, 5) is 8.25. The molecule has 0 rings (SSSR count). The number of hydrogen-bond acceptors (Lipinski definition) is 2. The van der Waals surface area contributed by atoms with Gasteiger partial charge in [-0.15, -0.1) is 0 Å². The zero-order valence-corrected chi connectivity index (χ0v) is 12.9.